The molecule has 1 amide bonds. The van der Waals surface area contributed by atoms with E-state index in [1.807, 2.05) is 6.92 Å². The van der Waals surface area contributed by atoms with Crippen LogP contribution < -0.4 is 5.32 Å². The van der Waals surface area contributed by atoms with E-state index in [1.54, 1.807) is 7.11 Å². The molecule has 0 bridgehead atoms. The zero-order valence-electron chi connectivity index (χ0n) is 9.34. The predicted molar refractivity (Wildman–Crippen MR) is 55.3 cm³/mol. The molecule has 4 heteroatoms. The van der Waals surface area contributed by atoms with Gasteiger partial charge in [0, 0.05) is 7.11 Å². The maximum Gasteiger partial charge on any atom is 0.407 e. The van der Waals surface area contributed by atoms with Crippen LogP contribution >= 0.6 is 0 Å². The van der Waals surface area contributed by atoms with Crippen LogP contribution in [0.15, 0.2) is 0 Å². The van der Waals surface area contributed by atoms with Crippen molar-refractivity contribution in [3.63, 3.8) is 0 Å². The van der Waals surface area contributed by atoms with Gasteiger partial charge >= 0.3 is 6.09 Å². The van der Waals surface area contributed by atoms with Crippen LogP contribution in [0.25, 0.3) is 0 Å². The SMILES string of the molecule is CCCCOC(=O)NC(CC)COC. The van der Waals surface area contributed by atoms with Gasteiger partial charge in [0.25, 0.3) is 0 Å². The van der Waals surface area contributed by atoms with Crippen molar-refractivity contribution in [1.29, 1.82) is 0 Å². The number of alkyl carbamates (subject to hydrolysis) is 1. The van der Waals surface area contributed by atoms with E-state index in [0.717, 1.165) is 19.3 Å². The standard InChI is InChI=1S/C10H21NO3/c1-4-6-7-14-10(12)11-9(5-2)8-13-3/h9H,4-8H2,1-3H3,(H,11,12). The third-order valence-corrected chi connectivity index (χ3v) is 1.91. The Morgan fingerprint density at radius 3 is 2.64 bits per heavy atom. The molecular formula is C10H21NO3. The van der Waals surface area contributed by atoms with Crippen molar-refractivity contribution in [2.75, 3.05) is 20.3 Å². The van der Waals surface area contributed by atoms with Crippen LogP contribution in [0.4, 0.5) is 4.79 Å². The van der Waals surface area contributed by atoms with E-state index in [9.17, 15) is 4.79 Å². The van der Waals surface area contributed by atoms with E-state index in [2.05, 4.69) is 12.2 Å². The van der Waals surface area contributed by atoms with Gasteiger partial charge in [-0.3, -0.25) is 0 Å². The molecule has 0 aromatic carbocycles. The molecule has 1 N–H and O–H groups in total. The number of hydrogen-bond donors (Lipinski definition) is 1. The van der Waals surface area contributed by atoms with Crippen LogP contribution in [0, 0.1) is 0 Å². The average Bonchev–Trinajstić information content (AvgIpc) is 2.17. The molecule has 0 saturated heterocycles. The van der Waals surface area contributed by atoms with Gasteiger partial charge in [-0.05, 0) is 12.8 Å². The lowest BCUT2D eigenvalue weighted by Crippen LogP contribution is -2.37. The van der Waals surface area contributed by atoms with Crippen molar-refractivity contribution in [3.8, 4) is 0 Å². The molecule has 0 aliphatic rings. The Morgan fingerprint density at radius 2 is 2.14 bits per heavy atom. The second kappa shape index (κ2) is 8.81. The van der Waals surface area contributed by atoms with Crippen molar-refractivity contribution in [1.82, 2.24) is 5.32 Å². The van der Waals surface area contributed by atoms with Crippen molar-refractivity contribution >= 4 is 6.09 Å². The molecule has 0 heterocycles. The monoisotopic (exact) mass is 203 g/mol. The van der Waals surface area contributed by atoms with E-state index < -0.39 is 0 Å². The smallest absolute Gasteiger partial charge is 0.407 e. The lowest BCUT2D eigenvalue weighted by Gasteiger charge is -2.15. The number of carbonyl (C=O) groups is 1. The topological polar surface area (TPSA) is 47.6 Å². The van der Waals surface area contributed by atoms with Crippen LogP contribution in [0.3, 0.4) is 0 Å². The molecule has 0 aromatic rings. The Hall–Kier alpha value is -0.770. The molecule has 0 radical (unpaired) electrons. The third kappa shape index (κ3) is 6.71. The summed E-state index contributed by atoms with van der Waals surface area (Å²) in [6.07, 6.45) is 2.44. The molecule has 0 saturated carbocycles. The Bertz CT molecular complexity index is 150. The average molecular weight is 203 g/mol. The molecule has 0 spiro atoms. The Balaban J connectivity index is 3.56. The van der Waals surface area contributed by atoms with Gasteiger partial charge in [-0.1, -0.05) is 20.3 Å². The summed E-state index contributed by atoms with van der Waals surface area (Å²) in [4.78, 5) is 11.2. The highest BCUT2D eigenvalue weighted by atomic mass is 16.5. The fourth-order valence-electron chi connectivity index (χ4n) is 0.980. The zero-order chi connectivity index (χ0) is 10.8. The first-order valence-electron chi connectivity index (χ1n) is 5.16. The highest BCUT2D eigenvalue weighted by Crippen LogP contribution is 1.94. The lowest BCUT2D eigenvalue weighted by molar-refractivity contribution is 0.123. The maximum atomic E-state index is 11.2. The second-order valence-electron chi connectivity index (χ2n) is 3.19. The zero-order valence-corrected chi connectivity index (χ0v) is 9.34. The number of carbonyl (C=O) groups excluding carboxylic acids is 1. The van der Waals surface area contributed by atoms with Crippen molar-refractivity contribution in [2.45, 2.75) is 39.2 Å². The van der Waals surface area contributed by atoms with Gasteiger partial charge < -0.3 is 14.8 Å². The molecule has 0 rings (SSSR count). The molecule has 0 aliphatic carbocycles. The Labute approximate surface area is 86.0 Å². The number of hydrogen-bond acceptors (Lipinski definition) is 3. The van der Waals surface area contributed by atoms with Crippen LogP contribution in [-0.4, -0.2) is 32.5 Å². The van der Waals surface area contributed by atoms with Crippen molar-refractivity contribution < 1.29 is 14.3 Å². The number of ether oxygens (including phenoxy) is 2. The molecule has 14 heavy (non-hydrogen) atoms. The first-order chi connectivity index (χ1) is 6.74. The predicted octanol–water partition coefficient (Wildman–Crippen LogP) is 1.94. The number of nitrogens with one attached hydrogen (secondary N) is 1. The number of methoxy groups -OCH3 is 1. The van der Waals surface area contributed by atoms with E-state index in [4.69, 9.17) is 9.47 Å². The van der Waals surface area contributed by atoms with E-state index >= 15 is 0 Å². The number of rotatable bonds is 7. The van der Waals surface area contributed by atoms with Gasteiger partial charge in [0.1, 0.15) is 0 Å². The largest absolute Gasteiger partial charge is 0.450 e. The lowest BCUT2D eigenvalue weighted by atomic mass is 10.2. The summed E-state index contributed by atoms with van der Waals surface area (Å²) in [6.45, 7) is 5.07. The summed E-state index contributed by atoms with van der Waals surface area (Å²) >= 11 is 0. The first kappa shape index (κ1) is 13.2. The minimum absolute atomic E-state index is 0.0501. The minimum atomic E-state index is -0.345. The fraction of sp³-hybridized carbons (Fsp3) is 0.900. The van der Waals surface area contributed by atoms with Crippen LogP contribution in [0.2, 0.25) is 0 Å². The van der Waals surface area contributed by atoms with Crippen LogP contribution in [0.5, 0.6) is 0 Å². The molecule has 4 nitrogen and oxygen atoms in total. The molecule has 1 atom stereocenters. The number of unbranched alkanes of at least 4 members (excludes halogenated alkanes) is 1. The normalized spacial score (nSPS) is 12.2. The van der Waals surface area contributed by atoms with Gasteiger partial charge in [0.15, 0.2) is 0 Å². The van der Waals surface area contributed by atoms with E-state index in [-0.39, 0.29) is 12.1 Å². The second-order valence-corrected chi connectivity index (χ2v) is 3.19. The summed E-state index contributed by atoms with van der Waals surface area (Å²) in [6, 6.07) is 0.0501. The van der Waals surface area contributed by atoms with Crippen molar-refractivity contribution in [3.05, 3.63) is 0 Å². The summed E-state index contributed by atoms with van der Waals surface area (Å²) in [5, 5.41) is 2.74. The Kier molecular flexibility index (Phi) is 8.33. The molecule has 0 aromatic heterocycles. The van der Waals surface area contributed by atoms with Gasteiger partial charge in [-0.2, -0.15) is 0 Å². The maximum absolute atomic E-state index is 11.2. The van der Waals surface area contributed by atoms with Gasteiger partial charge in [-0.25, -0.2) is 4.79 Å². The van der Waals surface area contributed by atoms with Gasteiger partial charge in [-0.15, -0.1) is 0 Å². The highest BCUT2D eigenvalue weighted by molar-refractivity contribution is 5.67. The first-order valence-corrected chi connectivity index (χ1v) is 5.16. The summed E-state index contributed by atoms with van der Waals surface area (Å²) in [5.41, 5.74) is 0. The molecular weight excluding hydrogens is 182 g/mol. The summed E-state index contributed by atoms with van der Waals surface area (Å²) < 4.78 is 9.91. The van der Waals surface area contributed by atoms with Crippen molar-refractivity contribution in [2.24, 2.45) is 0 Å². The minimum Gasteiger partial charge on any atom is -0.450 e. The molecule has 84 valence electrons. The van der Waals surface area contributed by atoms with E-state index in [1.165, 1.54) is 0 Å². The summed E-state index contributed by atoms with van der Waals surface area (Å²) in [7, 11) is 1.62. The fourth-order valence-corrected chi connectivity index (χ4v) is 0.980. The molecule has 1 unspecified atom stereocenters. The highest BCUT2D eigenvalue weighted by Gasteiger charge is 2.09. The molecule has 0 aliphatic heterocycles. The van der Waals surface area contributed by atoms with Gasteiger partial charge in [0.05, 0.1) is 19.3 Å². The Morgan fingerprint density at radius 1 is 1.43 bits per heavy atom. The van der Waals surface area contributed by atoms with Crippen LogP contribution in [0.1, 0.15) is 33.1 Å². The molecule has 0 fully saturated rings. The quantitative estimate of drug-likeness (QED) is 0.643. The van der Waals surface area contributed by atoms with E-state index in [0.29, 0.717) is 13.2 Å². The third-order valence-electron chi connectivity index (χ3n) is 1.91. The summed E-state index contributed by atoms with van der Waals surface area (Å²) in [5.74, 6) is 0. The van der Waals surface area contributed by atoms with Gasteiger partial charge in [0.2, 0.25) is 0 Å². The number of amides is 1. The van der Waals surface area contributed by atoms with Crippen LogP contribution in [-0.2, 0) is 9.47 Å².